The van der Waals surface area contributed by atoms with Crippen LogP contribution in [0.1, 0.15) is 54.1 Å². The van der Waals surface area contributed by atoms with E-state index >= 15 is 0 Å². The second-order valence-electron chi connectivity index (χ2n) is 9.55. The first-order valence-electron chi connectivity index (χ1n) is 12.9. The maximum atomic E-state index is 12.5. The molecule has 0 saturated carbocycles. The van der Waals surface area contributed by atoms with Gasteiger partial charge in [0.1, 0.15) is 11.8 Å². The third-order valence-corrected chi connectivity index (χ3v) is 7.14. The van der Waals surface area contributed by atoms with Gasteiger partial charge in [0.2, 0.25) is 0 Å². The summed E-state index contributed by atoms with van der Waals surface area (Å²) in [6.07, 6.45) is 6.01. The largest absolute Gasteiger partial charge is 0.496 e. The third-order valence-electron chi connectivity index (χ3n) is 7.14. The van der Waals surface area contributed by atoms with E-state index in [4.69, 9.17) is 9.84 Å². The molecule has 190 valence electrons. The van der Waals surface area contributed by atoms with Crippen molar-refractivity contribution in [2.75, 3.05) is 20.2 Å². The number of nitrogens with one attached hydrogen (secondary N) is 1. The summed E-state index contributed by atoms with van der Waals surface area (Å²) in [5, 5.41) is 14.8. The maximum absolute atomic E-state index is 12.5. The van der Waals surface area contributed by atoms with E-state index in [0.29, 0.717) is 24.6 Å². The van der Waals surface area contributed by atoms with E-state index < -0.39 is 12.0 Å². The Morgan fingerprint density at radius 2 is 1.86 bits per heavy atom. The van der Waals surface area contributed by atoms with Gasteiger partial charge in [-0.05, 0) is 85.2 Å². The van der Waals surface area contributed by atoms with Gasteiger partial charge in [-0.2, -0.15) is 0 Å². The molecule has 0 bridgehead atoms. The summed E-state index contributed by atoms with van der Waals surface area (Å²) in [6, 6.07) is 19.7. The molecule has 2 atom stereocenters. The molecule has 0 aromatic heterocycles. The van der Waals surface area contributed by atoms with Crippen LogP contribution in [0, 0.1) is 0 Å². The van der Waals surface area contributed by atoms with Crippen molar-refractivity contribution in [3.05, 3.63) is 77.4 Å². The molecule has 1 aliphatic heterocycles. The number of benzene rings is 3. The van der Waals surface area contributed by atoms with E-state index in [0.717, 1.165) is 42.3 Å². The zero-order valence-corrected chi connectivity index (χ0v) is 21.2. The van der Waals surface area contributed by atoms with Gasteiger partial charge in [-0.15, -0.1) is 0 Å². The summed E-state index contributed by atoms with van der Waals surface area (Å²) in [5.41, 5.74) is 3.43. The second-order valence-corrected chi connectivity index (χ2v) is 9.55. The van der Waals surface area contributed by atoms with Gasteiger partial charge in [0.15, 0.2) is 0 Å². The van der Waals surface area contributed by atoms with E-state index in [1.54, 1.807) is 13.2 Å². The molecule has 1 heterocycles. The quantitative estimate of drug-likeness (QED) is 0.506. The third kappa shape index (κ3) is 5.88. The summed E-state index contributed by atoms with van der Waals surface area (Å²) >= 11 is 0. The number of fused-ring (bicyclic) bond motifs is 2. The van der Waals surface area contributed by atoms with Crippen LogP contribution in [-0.2, 0) is 17.6 Å². The van der Waals surface area contributed by atoms with Crippen molar-refractivity contribution in [1.29, 1.82) is 0 Å². The molecule has 3 aromatic rings. The number of hydrogen-bond acceptors (Lipinski definition) is 4. The Labute approximate surface area is 213 Å². The van der Waals surface area contributed by atoms with Gasteiger partial charge in [0, 0.05) is 18.2 Å². The molecule has 2 N–H and O–H groups in total. The summed E-state index contributed by atoms with van der Waals surface area (Å²) in [7, 11) is 1.76. The number of hydrogen-bond donors (Lipinski definition) is 2. The first-order chi connectivity index (χ1) is 17.5. The lowest BCUT2D eigenvalue weighted by atomic mass is 9.87. The first kappa shape index (κ1) is 25.7. The minimum Gasteiger partial charge on any atom is -0.496 e. The molecule has 1 aliphatic carbocycles. The van der Waals surface area contributed by atoms with Crippen molar-refractivity contribution < 1.29 is 19.4 Å². The molecular weight excluding hydrogens is 452 g/mol. The molecule has 0 spiro atoms. The van der Waals surface area contributed by atoms with Crippen LogP contribution in [0.5, 0.6) is 5.75 Å². The van der Waals surface area contributed by atoms with Crippen LogP contribution >= 0.6 is 0 Å². The van der Waals surface area contributed by atoms with Crippen molar-refractivity contribution in [1.82, 2.24) is 10.2 Å². The molecule has 1 amide bonds. The second kappa shape index (κ2) is 12.0. The summed E-state index contributed by atoms with van der Waals surface area (Å²) in [6.45, 7) is 3.86. The number of likely N-dealkylation sites (tertiary alicyclic amines) is 1. The molecular formula is C30H36N2O4. The normalized spacial score (nSPS) is 18.8. The molecule has 2 aliphatic rings. The van der Waals surface area contributed by atoms with E-state index in [1.165, 1.54) is 28.9 Å². The molecule has 5 rings (SSSR count). The molecule has 36 heavy (non-hydrogen) atoms. The highest BCUT2D eigenvalue weighted by Crippen LogP contribution is 2.29. The van der Waals surface area contributed by atoms with Crippen LogP contribution in [0.25, 0.3) is 10.8 Å². The topological polar surface area (TPSA) is 78.9 Å². The van der Waals surface area contributed by atoms with Crippen molar-refractivity contribution in [3.8, 4) is 5.75 Å². The van der Waals surface area contributed by atoms with Crippen molar-refractivity contribution in [2.24, 2.45) is 0 Å². The van der Waals surface area contributed by atoms with Crippen LogP contribution in [0.15, 0.2) is 60.7 Å². The van der Waals surface area contributed by atoms with Gasteiger partial charge < -0.3 is 20.1 Å². The van der Waals surface area contributed by atoms with Crippen LogP contribution in [0.3, 0.4) is 0 Å². The standard InChI is InChI=1S/C16H15NO3.C14H21NO/c18-15(17-9-3-6-14(17)16(19)20)13-8-7-11-4-1-2-5-12(11)10-13;1-3-9-15-12-7-8-13-11(10-12)5-4-6-14(13)16-2/h1-2,4-5,7-8,10,14H,3,6,9H2,(H,19,20);4-6,12,15H,3,7-10H2,1-2H3/t14-;12-/m00/s1. The Morgan fingerprint density at radius 1 is 1.06 bits per heavy atom. The number of carbonyl (C=O) groups is 2. The number of carboxylic acids is 1. The van der Waals surface area contributed by atoms with Crippen molar-refractivity contribution >= 4 is 22.6 Å². The number of carbonyl (C=O) groups excluding carboxylic acids is 1. The Kier molecular flexibility index (Phi) is 8.60. The molecule has 1 saturated heterocycles. The number of nitrogens with zero attached hydrogens (tertiary/aromatic N) is 1. The van der Waals surface area contributed by atoms with Gasteiger partial charge >= 0.3 is 5.97 Å². The summed E-state index contributed by atoms with van der Waals surface area (Å²) in [4.78, 5) is 25.1. The van der Waals surface area contributed by atoms with Crippen molar-refractivity contribution in [2.45, 2.75) is 57.5 Å². The van der Waals surface area contributed by atoms with Crippen molar-refractivity contribution in [3.63, 3.8) is 0 Å². The number of aliphatic carboxylic acids is 1. The van der Waals surface area contributed by atoms with Crippen LogP contribution in [0.2, 0.25) is 0 Å². The molecule has 0 radical (unpaired) electrons. The fourth-order valence-electron chi connectivity index (χ4n) is 5.24. The molecule has 0 unspecified atom stereocenters. The van der Waals surface area contributed by atoms with Gasteiger partial charge in [-0.3, -0.25) is 4.79 Å². The van der Waals surface area contributed by atoms with E-state index in [-0.39, 0.29) is 5.91 Å². The summed E-state index contributed by atoms with van der Waals surface area (Å²) in [5.74, 6) is -0.0521. The average Bonchev–Trinajstić information content (AvgIpc) is 3.41. The number of methoxy groups -OCH3 is 1. The monoisotopic (exact) mass is 488 g/mol. The lowest BCUT2D eigenvalue weighted by Gasteiger charge is -2.26. The predicted molar refractivity (Wildman–Crippen MR) is 143 cm³/mol. The Balaban J connectivity index is 0.000000174. The smallest absolute Gasteiger partial charge is 0.326 e. The minimum absolute atomic E-state index is 0.194. The van der Waals surface area contributed by atoms with Crippen LogP contribution < -0.4 is 10.1 Å². The SMILES string of the molecule is CCCN[C@H]1CCc2c(cccc2OC)C1.O=C(O)[C@@H]1CCCN1C(=O)c1ccc2ccccc2c1. The molecule has 3 aromatic carbocycles. The molecule has 6 nitrogen and oxygen atoms in total. The van der Waals surface area contributed by atoms with Crippen LogP contribution in [-0.4, -0.2) is 54.2 Å². The fraction of sp³-hybridized carbons (Fsp3) is 0.400. The lowest BCUT2D eigenvalue weighted by molar-refractivity contribution is -0.141. The van der Waals surface area contributed by atoms with Gasteiger partial charge in [0.25, 0.3) is 5.91 Å². The Hall–Kier alpha value is -3.38. The maximum Gasteiger partial charge on any atom is 0.326 e. The first-order valence-corrected chi connectivity index (χ1v) is 12.9. The Morgan fingerprint density at radius 3 is 2.61 bits per heavy atom. The highest BCUT2D eigenvalue weighted by Gasteiger charge is 2.34. The summed E-state index contributed by atoms with van der Waals surface area (Å²) < 4.78 is 5.41. The molecule has 1 fully saturated rings. The van der Waals surface area contributed by atoms with Gasteiger partial charge in [0.05, 0.1) is 7.11 Å². The lowest BCUT2D eigenvalue weighted by Crippen LogP contribution is -2.40. The molecule has 6 heteroatoms. The van der Waals surface area contributed by atoms with E-state index in [1.807, 2.05) is 36.4 Å². The van der Waals surface area contributed by atoms with Crippen LogP contribution in [0.4, 0.5) is 0 Å². The number of ether oxygens (including phenoxy) is 1. The zero-order chi connectivity index (χ0) is 25.5. The van der Waals surface area contributed by atoms with Gasteiger partial charge in [-0.25, -0.2) is 4.79 Å². The number of rotatable bonds is 6. The van der Waals surface area contributed by atoms with E-state index in [2.05, 4.69) is 30.4 Å². The minimum atomic E-state index is -0.920. The highest BCUT2D eigenvalue weighted by atomic mass is 16.5. The number of amides is 1. The van der Waals surface area contributed by atoms with Gasteiger partial charge in [-0.1, -0.05) is 49.4 Å². The highest BCUT2D eigenvalue weighted by molar-refractivity contribution is 6.00. The average molecular weight is 489 g/mol. The zero-order valence-electron chi connectivity index (χ0n) is 21.2. The Bertz CT molecular complexity index is 1210. The fourth-order valence-corrected chi connectivity index (χ4v) is 5.24. The van der Waals surface area contributed by atoms with E-state index in [9.17, 15) is 9.59 Å². The number of carboxylic acid groups (broad SMARTS) is 1. The predicted octanol–water partition coefficient (Wildman–Crippen LogP) is 5.08.